The number of hydrogen-bond donors (Lipinski definition) is 2. The number of aliphatic hydroxyl groups excluding tert-OH is 1. The van der Waals surface area contributed by atoms with E-state index in [2.05, 4.69) is 22.2 Å². The summed E-state index contributed by atoms with van der Waals surface area (Å²) in [7, 11) is 1.85. The number of anilines is 2. The van der Waals surface area contributed by atoms with Gasteiger partial charge in [0.15, 0.2) is 5.82 Å². The summed E-state index contributed by atoms with van der Waals surface area (Å²) in [5.74, 6) is 1.19. The monoisotopic (exact) mass is 258 g/mol. The first-order valence-corrected chi connectivity index (χ1v) is 6.08. The van der Waals surface area contributed by atoms with Gasteiger partial charge in [-0.15, -0.1) is 0 Å². The van der Waals surface area contributed by atoms with Gasteiger partial charge in [0, 0.05) is 13.6 Å². The van der Waals surface area contributed by atoms with Crippen LogP contribution in [0, 0.1) is 0 Å². The summed E-state index contributed by atoms with van der Waals surface area (Å²) in [6.07, 6.45) is 2.58. The molecule has 0 aliphatic heterocycles. The molecule has 0 fully saturated rings. The zero-order valence-corrected chi connectivity index (χ0v) is 11.2. The van der Waals surface area contributed by atoms with Crippen LogP contribution in [-0.2, 0) is 0 Å². The maximum Gasteiger partial charge on any atom is 0.224 e. The van der Waals surface area contributed by atoms with Crippen LogP contribution in [0.15, 0.2) is 6.20 Å². The van der Waals surface area contributed by atoms with Crippen molar-refractivity contribution in [3.63, 3.8) is 0 Å². The van der Waals surface area contributed by atoms with Gasteiger partial charge >= 0.3 is 0 Å². The first-order chi connectivity index (χ1) is 8.10. The minimum atomic E-state index is -0.0403. The lowest BCUT2D eigenvalue weighted by molar-refractivity contribution is 0.270. The van der Waals surface area contributed by atoms with Crippen LogP contribution in [0.1, 0.15) is 20.3 Å². The number of nitrogens with zero attached hydrogens (tertiary/aromatic N) is 3. The van der Waals surface area contributed by atoms with Gasteiger partial charge in [-0.25, -0.2) is 4.98 Å². The summed E-state index contributed by atoms with van der Waals surface area (Å²) in [6, 6.07) is -0.0403. The fourth-order valence-electron chi connectivity index (χ4n) is 1.26. The van der Waals surface area contributed by atoms with E-state index in [9.17, 15) is 0 Å². The van der Waals surface area contributed by atoms with Crippen LogP contribution in [0.5, 0.6) is 0 Å². The van der Waals surface area contributed by atoms with Crippen molar-refractivity contribution >= 4 is 23.4 Å². The number of aromatic nitrogens is 2. The second kappa shape index (κ2) is 6.61. The molecule has 0 aromatic carbocycles. The summed E-state index contributed by atoms with van der Waals surface area (Å²) in [6.45, 7) is 4.84. The van der Waals surface area contributed by atoms with Gasteiger partial charge in [0.1, 0.15) is 5.02 Å². The predicted octanol–water partition coefficient (Wildman–Crippen LogP) is 1.77. The normalized spacial score (nSPS) is 12.3. The van der Waals surface area contributed by atoms with Crippen molar-refractivity contribution in [3.05, 3.63) is 11.2 Å². The molecule has 96 valence electrons. The molecule has 17 heavy (non-hydrogen) atoms. The van der Waals surface area contributed by atoms with Crippen molar-refractivity contribution in [2.24, 2.45) is 0 Å². The highest BCUT2D eigenvalue weighted by Crippen LogP contribution is 2.24. The molecule has 1 heterocycles. The molecule has 0 spiro atoms. The van der Waals surface area contributed by atoms with Gasteiger partial charge in [-0.2, -0.15) is 4.98 Å². The molecule has 1 atom stereocenters. The highest BCUT2D eigenvalue weighted by molar-refractivity contribution is 6.32. The number of rotatable bonds is 6. The summed E-state index contributed by atoms with van der Waals surface area (Å²) in [4.78, 5) is 10.3. The predicted molar refractivity (Wildman–Crippen MR) is 70.8 cm³/mol. The van der Waals surface area contributed by atoms with Crippen LogP contribution in [0.4, 0.5) is 11.8 Å². The molecule has 5 nitrogen and oxygen atoms in total. The summed E-state index contributed by atoms with van der Waals surface area (Å²) < 4.78 is 0. The minimum absolute atomic E-state index is 0.0403. The van der Waals surface area contributed by atoms with Gasteiger partial charge < -0.3 is 15.3 Å². The Bertz CT molecular complexity index is 361. The molecule has 0 radical (unpaired) electrons. The molecule has 6 heteroatoms. The fourth-order valence-corrected chi connectivity index (χ4v) is 1.48. The molecule has 1 unspecified atom stereocenters. The first-order valence-electron chi connectivity index (χ1n) is 5.70. The van der Waals surface area contributed by atoms with Crippen molar-refractivity contribution in [1.82, 2.24) is 9.97 Å². The highest BCUT2D eigenvalue weighted by Gasteiger charge is 2.14. The standard InChI is InChI=1S/C11H19ClN4O/c1-4-5-13-11-14-6-9(12)10(15-11)16(3)8(2)7-17/h6,8,17H,4-5,7H2,1-3H3,(H,13,14,15). The van der Waals surface area contributed by atoms with Crippen LogP contribution in [0.25, 0.3) is 0 Å². The lowest BCUT2D eigenvalue weighted by Crippen LogP contribution is -2.33. The van der Waals surface area contributed by atoms with E-state index in [0.29, 0.717) is 16.8 Å². The van der Waals surface area contributed by atoms with E-state index in [4.69, 9.17) is 16.7 Å². The van der Waals surface area contributed by atoms with Gasteiger partial charge in [-0.05, 0) is 13.3 Å². The molecule has 1 rings (SSSR count). The van der Waals surface area contributed by atoms with Crippen LogP contribution in [0.2, 0.25) is 5.02 Å². The molecular formula is C11H19ClN4O. The quantitative estimate of drug-likeness (QED) is 0.814. The molecule has 0 saturated carbocycles. The number of halogens is 1. The molecular weight excluding hydrogens is 240 g/mol. The molecule has 0 aliphatic carbocycles. The maximum atomic E-state index is 9.12. The Morgan fingerprint density at radius 3 is 2.88 bits per heavy atom. The lowest BCUT2D eigenvalue weighted by atomic mass is 10.3. The van der Waals surface area contributed by atoms with Crippen molar-refractivity contribution < 1.29 is 5.11 Å². The SMILES string of the molecule is CCCNc1ncc(Cl)c(N(C)C(C)CO)n1. The van der Waals surface area contributed by atoms with Crippen LogP contribution < -0.4 is 10.2 Å². The molecule has 0 amide bonds. The molecule has 0 saturated heterocycles. The topological polar surface area (TPSA) is 61.3 Å². The summed E-state index contributed by atoms with van der Waals surface area (Å²) >= 11 is 6.05. The third-order valence-corrected chi connectivity index (χ3v) is 2.78. The number of nitrogens with one attached hydrogen (secondary N) is 1. The summed E-state index contributed by atoms with van der Waals surface area (Å²) in [5, 5.41) is 12.7. The molecule has 1 aromatic rings. The summed E-state index contributed by atoms with van der Waals surface area (Å²) in [5.41, 5.74) is 0. The molecule has 0 aliphatic rings. The minimum Gasteiger partial charge on any atom is -0.394 e. The largest absolute Gasteiger partial charge is 0.394 e. The third kappa shape index (κ3) is 3.71. The Hall–Kier alpha value is -1.07. The van der Waals surface area contributed by atoms with Gasteiger partial charge in [-0.3, -0.25) is 0 Å². The second-order valence-corrected chi connectivity index (χ2v) is 4.34. The van der Waals surface area contributed by atoms with Crippen molar-refractivity contribution in [2.75, 3.05) is 30.4 Å². The second-order valence-electron chi connectivity index (χ2n) is 3.93. The van der Waals surface area contributed by atoms with Gasteiger partial charge in [0.05, 0.1) is 18.8 Å². The van der Waals surface area contributed by atoms with Gasteiger partial charge in [0.25, 0.3) is 0 Å². The van der Waals surface area contributed by atoms with Crippen molar-refractivity contribution in [2.45, 2.75) is 26.3 Å². The lowest BCUT2D eigenvalue weighted by Gasteiger charge is -2.25. The highest BCUT2D eigenvalue weighted by atomic mass is 35.5. The Labute approximate surface area is 107 Å². The Morgan fingerprint density at radius 1 is 1.59 bits per heavy atom. The van der Waals surface area contributed by atoms with E-state index in [1.54, 1.807) is 6.20 Å². The van der Waals surface area contributed by atoms with Crippen molar-refractivity contribution in [1.29, 1.82) is 0 Å². The Morgan fingerprint density at radius 2 is 2.29 bits per heavy atom. The van der Waals surface area contributed by atoms with Crippen molar-refractivity contribution in [3.8, 4) is 0 Å². The van der Waals surface area contributed by atoms with Crippen LogP contribution in [-0.4, -0.2) is 41.3 Å². The fraction of sp³-hybridized carbons (Fsp3) is 0.636. The number of likely N-dealkylation sites (N-methyl/N-ethyl adjacent to an activating group) is 1. The maximum absolute atomic E-state index is 9.12. The molecule has 0 bridgehead atoms. The van der Waals surface area contributed by atoms with Gasteiger partial charge in [0.2, 0.25) is 5.95 Å². The smallest absolute Gasteiger partial charge is 0.224 e. The third-order valence-electron chi connectivity index (χ3n) is 2.52. The van der Waals surface area contributed by atoms with Crippen LogP contribution in [0.3, 0.4) is 0 Å². The molecule has 2 N–H and O–H groups in total. The number of aliphatic hydroxyl groups is 1. The Kier molecular flexibility index (Phi) is 5.44. The Balaban J connectivity index is 2.89. The van der Waals surface area contributed by atoms with Gasteiger partial charge in [-0.1, -0.05) is 18.5 Å². The average Bonchev–Trinajstić information content (AvgIpc) is 2.36. The van der Waals surface area contributed by atoms with Crippen LogP contribution >= 0.6 is 11.6 Å². The van der Waals surface area contributed by atoms with E-state index < -0.39 is 0 Å². The zero-order valence-electron chi connectivity index (χ0n) is 10.4. The van der Waals surface area contributed by atoms with E-state index >= 15 is 0 Å². The van der Waals surface area contributed by atoms with E-state index in [1.807, 2.05) is 18.9 Å². The first kappa shape index (κ1) is 14.0. The zero-order chi connectivity index (χ0) is 12.8. The average molecular weight is 259 g/mol. The van der Waals surface area contributed by atoms with E-state index in [0.717, 1.165) is 13.0 Å². The molecule has 1 aromatic heterocycles. The van der Waals surface area contributed by atoms with E-state index in [-0.39, 0.29) is 12.6 Å². The number of hydrogen-bond acceptors (Lipinski definition) is 5. The van der Waals surface area contributed by atoms with E-state index in [1.165, 1.54) is 0 Å².